The minimum absolute atomic E-state index is 0.0560. The zero-order valence-electron chi connectivity index (χ0n) is 14.1. The van der Waals surface area contributed by atoms with Crippen LogP contribution in [-0.2, 0) is 0 Å². The monoisotopic (exact) mass is 357 g/mol. The summed E-state index contributed by atoms with van der Waals surface area (Å²) in [6, 6.07) is 14.9. The largest absolute Gasteiger partial charge is 0.374 e. The Hall–Kier alpha value is -3.41. The molecular formula is C21H15N3OS. The molecule has 0 unspecified atom stereocenters. The van der Waals surface area contributed by atoms with Gasteiger partial charge in [-0.1, -0.05) is 11.8 Å². The zero-order valence-corrected chi connectivity index (χ0v) is 14.9. The van der Waals surface area contributed by atoms with Crippen molar-refractivity contribution in [1.29, 1.82) is 5.26 Å². The Balaban J connectivity index is 1.64. The number of anilines is 1. The molecule has 0 amide bonds. The van der Waals surface area contributed by atoms with E-state index in [4.69, 9.17) is 5.26 Å². The van der Waals surface area contributed by atoms with Crippen LogP contribution in [0.1, 0.15) is 32.1 Å². The van der Waals surface area contributed by atoms with Crippen LogP contribution in [0.2, 0.25) is 0 Å². The van der Waals surface area contributed by atoms with Gasteiger partial charge in [-0.15, -0.1) is 11.3 Å². The van der Waals surface area contributed by atoms with Crippen molar-refractivity contribution >= 4 is 22.8 Å². The van der Waals surface area contributed by atoms with Crippen molar-refractivity contribution in [2.75, 3.05) is 11.9 Å². The maximum absolute atomic E-state index is 12.4. The quantitative estimate of drug-likeness (QED) is 0.566. The highest BCUT2D eigenvalue weighted by Crippen LogP contribution is 2.17. The van der Waals surface area contributed by atoms with Crippen molar-refractivity contribution in [3.05, 3.63) is 81.3 Å². The number of nitrogens with zero attached hydrogens (tertiary/aromatic N) is 2. The Kier molecular flexibility index (Phi) is 5.43. The topological polar surface area (TPSA) is 65.8 Å². The van der Waals surface area contributed by atoms with E-state index in [9.17, 15) is 4.79 Å². The van der Waals surface area contributed by atoms with Crippen LogP contribution in [0.25, 0.3) is 0 Å². The first-order chi connectivity index (χ1) is 12.7. The number of aryl methyl sites for hydroxylation is 1. The second-order valence-electron chi connectivity index (χ2n) is 5.54. The van der Waals surface area contributed by atoms with E-state index in [0.717, 1.165) is 16.8 Å². The van der Waals surface area contributed by atoms with Gasteiger partial charge < -0.3 is 5.32 Å². The highest BCUT2D eigenvalue weighted by molar-refractivity contribution is 7.11. The Labute approximate surface area is 156 Å². The molecule has 4 nitrogen and oxygen atoms in total. The summed E-state index contributed by atoms with van der Waals surface area (Å²) in [6.07, 6.45) is 1.63. The van der Waals surface area contributed by atoms with Crippen LogP contribution >= 0.6 is 11.3 Å². The smallest absolute Gasteiger partial charge is 0.221 e. The van der Waals surface area contributed by atoms with Gasteiger partial charge in [0.1, 0.15) is 0 Å². The van der Waals surface area contributed by atoms with Gasteiger partial charge in [-0.2, -0.15) is 5.26 Å². The van der Waals surface area contributed by atoms with Gasteiger partial charge in [-0.05, 0) is 55.0 Å². The number of carbonyl (C=O) groups is 1. The second-order valence-corrected chi connectivity index (χ2v) is 6.44. The van der Waals surface area contributed by atoms with Crippen molar-refractivity contribution in [1.82, 2.24) is 4.98 Å². The number of hydrogen-bond acceptors (Lipinski definition) is 5. The summed E-state index contributed by atoms with van der Waals surface area (Å²) in [7, 11) is 0. The standard InChI is InChI=1S/C21H15N3OS/c1-15-13-16(6-9-19(15)20(25)21-24-11-12-26-21)3-2-10-23-18-7-4-17(14-22)5-8-18/h4-9,11-13,23H,10H2,1H3. The lowest BCUT2D eigenvalue weighted by Gasteiger charge is -2.03. The first-order valence-corrected chi connectivity index (χ1v) is 8.83. The van der Waals surface area contributed by atoms with E-state index >= 15 is 0 Å². The van der Waals surface area contributed by atoms with E-state index < -0.39 is 0 Å². The van der Waals surface area contributed by atoms with Crippen LogP contribution in [0.5, 0.6) is 0 Å². The minimum atomic E-state index is -0.0560. The molecule has 0 saturated heterocycles. The van der Waals surface area contributed by atoms with Gasteiger partial charge in [0, 0.05) is 28.4 Å². The molecule has 0 aliphatic rings. The molecule has 0 aliphatic heterocycles. The van der Waals surface area contributed by atoms with E-state index in [1.807, 2.05) is 31.2 Å². The number of nitrogens with one attached hydrogen (secondary N) is 1. The predicted molar refractivity (Wildman–Crippen MR) is 103 cm³/mol. The van der Waals surface area contributed by atoms with Gasteiger partial charge in [0.2, 0.25) is 5.78 Å². The summed E-state index contributed by atoms with van der Waals surface area (Å²) in [5.74, 6) is 6.09. The number of nitriles is 1. The average molecular weight is 357 g/mol. The summed E-state index contributed by atoms with van der Waals surface area (Å²) in [5.41, 5.74) is 3.95. The molecule has 1 aromatic heterocycles. The van der Waals surface area contributed by atoms with Crippen molar-refractivity contribution in [2.45, 2.75) is 6.92 Å². The average Bonchev–Trinajstić information content (AvgIpc) is 3.20. The third-order valence-corrected chi connectivity index (χ3v) is 4.50. The van der Waals surface area contributed by atoms with Crippen LogP contribution in [0, 0.1) is 30.1 Å². The molecule has 1 N–H and O–H groups in total. The predicted octanol–water partition coefficient (Wildman–Crippen LogP) is 4.02. The minimum Gasteiger partial charge on any atom is -0.374 e. The van der Waals surface area contributed by atoms with Crippen LogP contribution in [0.4, 0.5) is 5.69 Å². The second kappa shape index (κ2) is 8.11. The SMILES string of the molecule is Cc1cc(C#CCNc2ccc(C#N)cc2)ccc1C(=O)c1nccs1. The molecule has 0 aliphatic carbocycles. The number of rotatable bonds is 4. The number of hydrogen-bond donors (Lipinski definition) is 1. The number of ketones is 1. The number of aromatic nitrogens is 1. The van der Waals surface area contributed by atoms with Gasteiger partial charge in [-0.3, -0.25) is 4.79 Å². The van der Waals surface area contributed by atoms with E-state index in [1.54, 1.807) is 29.8 Å². The van der Waals surface area contributed by atoms with E-state index in [2.05, 4.69) is 28.2 Å². The highest BCUT2D eigenvalue weighted by Gasteiger charge is 2.13. The Morgan fingerprint density at radius 2 is 1.96 bits per heavy atom. The van der Waals surface area contributed by atoms with Crippen molar-refractivity contribution < 1.29 is 4.79 Å². The Morgan fingerprint density at radius 1 is 1.19 bits per heavy atom. The molecule has 1 heterocycles. The molecule has 3 rings (SSSR count). The molecule has 126 valence electrons. The molecule has 0 radical (unpaired) electrons. The summed E-state index contributed by atoms with van der Waals surface area (Å²) in [5, 5.41) is 14.3. The summed E-state index contributed by atoms with van der Waals surface area (Å²) in [4.78, 5) is 16.5. The molecule has 0 saturated carbocycles. The number of carbonyl (C=O) groups excluding carboxylic acids is 1. The van der Waals surface area contributed by atoms with Crippen LogP contribution in [0.3, 0.4) is 0 Å². The summed E-state index contributed by atoms with van der Waals surface area (Å²) < 4.78 is 0. The Morgan fingerprint density at radius 3 is 2.62 bits per heavy atom. The van der Waals surface area contributed by atoms with Gasteiger partial charge in [0.25, 0.3) is 0 Å². The van der Waals surface area contributed by atoms with E-state index in [-0.39, 0.29) is 5.78 Å². The molecule has 0 fully saturated rings. The van der Waals surface area contributed by atoms with Gasteiger partial charge in [-0.25, -0.2) is 4.98 Å². The fourth-order valence-corrected chi connectivity index (χ4v) is 2.99. The van der Waals surface area contributed by atoms with Gasteiger partial charge >= 0.3 is 0 Å². The normalized spacial score (nSPS) is 9.69. The highest BCUT2D eigenvalue weighted by atomic mass is 32.1. The third kappa shape index (κ3) is 4.16. The van der Waals surface area contributed by atoms with Crippen molar-refractivity contribution in [3.63, 3.8) is 0 Å². The fraction of sp³-hybridized carbons (Fsp3) is 0.0952. The Bertz CT molecular complexity index is 1020. The summed E-state index contributed by atoms with van der Waals surface area (Å²) >= 11 is 1.34. The zero-order chi connectivity index (χ0) is 18.4. The number of thiazole rings is 1. The van der Waals surface area contributed by atoms with Crippen molar-refractivity contribution in [2.24, 2.45) is 0 Å². The molecule has 0 atom stereocenters. The van der Waals surface area contributed by atoms with Crippen LogP contribution in [0.15, 0.2) is 54.0 Å². The first-order valence-electron chi connectivity index (χ1n) is 7.95. The van der Waals surface area contributed by atoms with Crippen LogP contribution in [-0.4, -0.2) is 17.3 Å². The lowest BCUT2D eigenvalue weighted by atomic mass is 10.0. The molecule has 2 aromatic carbocycles. The fourth-order valence-electron chi connectivity index (χ4n) is 2.40. The number of benzene rings is 2. The third-order valence-electron chi connectivity index (χ3n) is 3.73. The lowest BCUT2D eigenvalue weighted by Crippen LogP contribution is -2.03. The van der Waals surface area contributed by atoms with Gasteiger partial charge in [0.05, 0.1) is 18.2 Å². The molecule has 26 heavy (non-hydrogen) atoms. The lowest BCUT2D eigenvalue weighted by molar-refractivity contribution is 0.103. The molecule has 0 bridgehead atoms. The maximum atomic E-state index is 12.4. The van der Waals surface area contributed by atoms with Gasteiger partial charge in [0.15, 0.2) is 5.01 Å². The maximum Gasteiger partial charge on any atom is 0.221 e. The van der Waals surface area contributed by atoms with Crippen LogP contribution < -0.4 is 5.32 Å². The first kappa shape index (κ1) is 17.4. The molecular weight excluding hydrogens is 342 g/mol. The molecule has 0 spiro atoms. The summed E-state index contributed by atoms with van der Waals surface area (Å²) in [6.45, 7) is 2.39. The van der Waals surface area contributed by atoms with E-state index in [0.29, 0.717) is 22.7 Å². The van der Waals surface area contributed by atoms with Crippen molar-refractivity contribution in [3.8, 4) is 17.9 Å². The molecule has 3 aromatic rings. The van der Waals surface area contributed by atoms with E-state index in [1.165, 1.54) is 11.3 Å². The molecule has 5 heteroatoms.